The minimum atomic E-state index is -0.463. The molecule has 19 heavy (non-hydrogen) atoms. The number of hydrogen-bond acceptors (Lipinski definition) is 3. The number of aliphatic hydroxyl groups excluding tert-OH is 1. The van der Waals surface area contributed by atoms with E-state index in [0.29, 0.717) is 12.1 Å². The quantitative estimate of drug-likeness (QED) is 0.775. The van der Waals surface area contributed by atoms with Gasteiger partial charge >= 0.3 is 0 Å². The Morgan fingerprint density at radius 1 is 1.05 bits per heavy atom. The lowest BCUT2D eigenvalue weighted by Gasteiger charge is -2.35. The van der Waals surface area contributed by atoms with Crippen molar-refractivity contribution in [1.29, 1.82) is 0 Å². The first-order chi connectivity index (χ1) is 8.93. The molecule has 1 N–H and O–H groups in total. The number of rotatable bonds is 2. The van der Waals surface area contributed by atoms with Crippen molar-refractivity contribution in [2.75, 3.05) is 0 Å². The zero-order chi connectivity index (χ0) is 14.2. The van der Waals surface area contributed by atoms with Gasteiger partial charge in [-0.1, -0.05) is 18.7 Å². The summed E-state index contributed by atoms with van der Waals surface area (Å²) in [6.07, 6.45) is 5.68. The fourth-order valence-corrected chi connectivity index (χ4v) is 3.58. The van der Waals surface area contributed by atoms with Crippen LogP contribution in [0.15, 0.2) is 11.4 Å². The van der Waals surface area contributed by atoms with Crippen LogP contribution in [-0.2, 0) is 0 Å². The standard InChI is InChI=1S/C15H29BN2O/c1-10(2)17-13-8-6-5-7-12(16)9-14(13)18(11(3)4)15(17)19/h10-12,15,19H,5-9,16H2,1-4H3. The first-order valence-electron chi connectivity index (χ1n) is 7.90. The van der Waals surface area contributed by atoms with Crippen LogP contribution in [0.25, 0.3) is 0 Å². The maximum absolute atomic E-state index is 10.7. The molecule has 0 spiro atoms. The Morgan fingerprint density at radius 3 is 2.21 bits per heavy atom. The summed E-state index contributed by atoms with van der Waals surface area (Å²) in [5.74, 6) is 0.728. The molecule has 0 saturated heterocycles. The van der Waals surface area contributed by atoms with Gasteiger partial charge in [0.15, 0.2) is 0 Å². The van der Waals surface area contributed by atoms with E-state index in [0.717, 1.165) is 18.7 Å². The zero-order valence-electron chi connectivity index (χ0n) is 13.2. The van der Waals surface area contributed by atoms with E-state index in [-0.39, 0.29) is 0 Å². The summed E-state index contributed by atoms with van der Waals surface area (Å²) in [5.41, 5.74) is 2.81. The van der Waals surface area contributed by atoms with Crippen LogP contribution >= 0.6 is 0 Å². The molecule has 0 aromatic carbocycles. The van der Waals surface area contributed by atoms with Gasteiger partial charge in [0, 0.05) is 23.5 Å². The molecule has 0 bridgehead atoms. The normalized spacial score (nSPS) is 29.0. The largest absolute Gasteiger partial charge is 0.356 e. The van der Waals surface area contributed by atoms with Crippen molar-refractivity contribution >= 4 is 7.85 Å². The third-order valence-corrected chi connectivity index (χ3v) is 4.47. The van der Waals surface area contributed by atoms with Gasteiger partial charge in [-0.05, 0) is 47.0 Å². The van der Waals surface area contributed by atoms with Gasteiger partial charge in [0.05, 0.1) is 0 Å². The first-order valence-corrected chi connectivity index (χ1v) is 7.90. The molecule has 0 aromatic rings. The number of aliphatic hydroxyl groups is 1. The Balaban J connectivity index is 2.38. The van der Waals surface area contributed by atoms with E-state index >= 15 is 0 Å². The highest BCUT2D eigenvalue weighted by molar-refractivity contribution is 6.11. The van der Waals surface area contributed by atoms with Crippen LogP contribution in [0.3, 0.4) is 0 Å². The Hall–Kier alpha value is -0.635. The van der Waals surface area contributed by atoms with Gasteiger partial charge in [-0.25, -0.2) is 0 Å². The topological polar surface area (TPSA) is 26.7 Å². The van der Waals surface area contributed by atoms with Crippen LogP contribution in [0.4, 0.5) is 0 Å². The maximum atomic E-state index is 10.7. The van der Waals surface area contributed by atoms with E-state index in [4.69, 9.17) is 0 Å². The van der Waals surface area contributed by atoms with Crippen molar-refractivity contribution in [3.05, 3.63) is 11.4 Å². The second kappa shape index (κ2) is 5.78. The Labute approximate surface area is 119 Å². The molecule has 3 nitrogen and oxygen atoms in total. The van der Waals surface area contributed by atoms with E-state index in [1.165, 1.54) is 30.7 Å². The van der Waals surface area contributed by atoms with Gasteiger partial charge in [-0.15, -0.1) is 0 Å². The molecule has 4 heteroatoms. The lowest BCUT2D eigenvalue weighted by Crippen LogP contribution is -2.46. The van der Waals surface area contributed by atoms with E-state index in [9.17, 15) is 5.11 Å². The summed E-state index contributed by atoms with van der Waals surface area (Å²) in [4.78, 5) is 4.46. The van der Waals surface area contributed by atoms with Gasteiger partial charge in [0.25, 0.3) is 0 Å². The first kappa shape index (κ1) is 14.8. The van der Waals surface area contributed by atoms with Crippen LogP contribution in [-0.4, -0.2) is 41.2 Å². The van der Waals surface area contributed by atoms with Gasteiger partial charge in [0.1, 0.15) is 7.85 Å². The highest BCUT2D eigenvalue weighted by Gasteiger charge is 2.39. The van der Waals surface area contributed by atoms with Crippen molar-refractivity contribution in [3.63, 3.8) is 0 Å². The molecule has 0 radical (unpaired) electrons. The lowest BCUT2D eigenvalue weighted by atomic mass is 9.77. The summed E-state index contributed by atoms with van der Waals surface area (Å²) in [6.45, 7) is 8.72. The van der Waals surface area contributed by atoms with Crippen LogP contribution in [0.2, 0.25) is 5.82 Å². The number of nitrogens with zero attached hydrogens (tertiary/aromatic N) is 2. The number of hydrogen-bond donors (Lipinski definition) is 1. The highest BCUT2D eigenvalue weighted by atomic mass is 16.3. The Morgan fingerprint density at radius 2 is 1.63 bits per heavy atom. The van der Waals surface area contributed by atoms with Crippen molar-refractivity contribution in [3.8, 4) is 0 Å². The van der Waals surface area contributed by atoms with Crippen LogP contribution in [0, 0.1) is 0 Å². The van der Waals surface area contributed by atoms with E-state index < -0.39 is 6.35 Å². The average molecular weight is 264 g/mol. The summed E-state index contributed by atoms with van der Waals surface area (Å²) >= 11 is 0. The van der Waals surface area contributed by atoms with Gasteiger partial charge in [-0.3, -0.25) is 0 Å². The molecule has 0 aromatic heterocycles. The van der Waals surface area contributed by atoms with Crippen molar-refractivity contribution in [2.45, 2.75) is 84.1 Å². The third-order valence-electron chi connectivity index (χ3n) is 4.47. The van der Waals surface area contributed by atoms with E-state index in [2.05, 4.69) is 45.3 Å². The van der Waals surface area contributed by atoms with Crippen LogP contribution in [0.1, 0.15) is 59.8 Å². The molecule has 0 amide bonds. The summed E-state index contributed by atoms with van der Waals surface area (Å²) in [7, 11) is 2.35. The lowest BCUT2D eigenvalue weighted by molar-refractivity contribution is -0.0807. The second-order valence-electron chi connectivity index (χ2n) is 6.80. The van der Waals surface area contributed by atoms with Gasteiger partial charge in [-0.2, -0.15) is 0 Å². The molecule has 1 aliphatic carbocycles. The molecule has 2 aliphatic rings. The molecule has 0 fully saturated rings. The number of allylic oxidation sites excluding steroid dienone is 2. The molecule has 1 heterocycles. The molecule has 0 saturated carbocycles. The molecular formula is C15H29BN2O. The Bertz CT molecular complexity index is 354. The summed E-state index contributed by atoms with van der Waals surface area (Å²) in [6, 6.07) is 0.717. The average Bonchev–Trinajstić information content (AvgIpc) is 2.54. The van der Waals surface area contributed by atoms with Crippen molar-refractivity contribution < 1.29 is 5.11 Å². The predicted molar refractivity (Wildman–Crippen MR) is 82.4 cm³/mol. The summed E-state index contributed by atoms with van der Waals surface area (Å²) < 4.78 is 0. The highest BCUT2D eigenvalue weighted by Crippen LogP contribution is 2.40. The van der Waals surface area contributed by atoms with Crippen molar-refractivity contribution in [2.24, 2.45) is 0 Å². The van der Waals surface area contributed by atoms with E-state index in [1.807, 2.05) is 0 Å². The zero-order valence-corrected chi connectivity index (χ0v) is 13.2. The maximum Gasteiger partial charge on any atom is 0.207 e. The van der Waals surface area contributed by atoms with Gasteiger partial charge in [0.2, 0.25) is 6.35 Å². The van der Waals surface area contributed by atoms with E-state index in [1.54, 1.807) is 0 Å². The predicted octanol–water partition coefficient (Wildman–Crippen LogP) is 2.29. The smallest absolute Gasteiger partial charge is 0.207 e. The molecule has 2 unspecified atom stereocenters. The molecule has 108 valence electrons. The second-order valence-corrected chi connectivity index (χ2v) is 6.80. The third kappa shape index (κ3) is 2.79. The van der Waals surface area contributed by atoms with Crippen LogP contribution < -0.4 is 0 Å². The molecule has 2 rings (SSSR count). The monoisotopic (exact) mass is 264 g/mol. The van der Waals surface area contributed by atoms with Gasteiger partial charge < -0.3 is 14.9 Å². The molecule has 1 aliphatic heterocycles. The van der Waals surface area contributed by atoms with Crippen LogP contribution in [0.5, 0.6) is 0 Å². The summed E-state index contributed by atoms with van der Waals surface area (Å²) in [5, 5.41) is 10.7. The SMILES string of the molecule is BC1CCCCC2=C(C1)N(C(C)C)C(O)N2C(C)C. The van der Waals surface area contributed by atoms with Crippen molar-refractivity contribution in [1.82, 2.24) is 9.80 Å². The minimum absolute atomic E-state index is 0.357. The molecular weight excluding hydrogens is 235 g/mol. The fraction of sp³-hybridized carbons (Fsp3) is 0.867. The minimum Gasteiger partial charge on any atom is -0.356 e. The Kier molecular flexibility index (Phi) is 4.49. The fourth-order valence-electron chi connectivity index (χ4n) is 3.58. The molecule has 2 atom stereocenters.